The van der Waals surface area contributed by atoms with Gasteiger partial charge in [0, 0.05) is 12.1 Å². The van der Waals surface area contributed by atoms with Crippen LogP contribution in [0.4, 0.5) is 8.78 Å². The highest BCUT2D eigenvalue weighted by Crippen LogP contribution is 2.19. The largest absolute Gasteiger partial charge is 0.494 e. The number of halogens is 2. The van der Waals surface area contributed by atoms with Crippen LogP contribution < -0.4 is 9.47 Å². The lowest BCUT2D eigenvalue weighted by molar-refractivity contribution is -0.137. The zero-order valence-electron chi connectivity index (χ0n) is 15.2. The van der Waals surface area contributed by atoms with Crippen LogP contribution in [0.2, 0.25) is 0 Å². The summed E-state index contributed by atoms with van der Waals surface area (Å²) in [6.07, 6.45) is 3.48. The van der Waals surface area contributed by atoms with E-state index in [2.05, 4.69) is 6.58 Å². The molecule has 2 rings (SSSR count). The highest BCUT2D eigenvalue weighted by molar-refractivity contribution is 5.91. The van der Waals surface area contributed by atoms with Crippen LogP contribution in [-0.4, -0.2) is 25.2 Å². The molecule has 0 N–H and O–H groups in total. The van der Waals surface area contributed by atoms with Gasteiger partial charge in [0.05, 0.1) is 18.8 Å². The molecule has 0 fully saturated rings. The summed E-state index contributed by atoms with van der Waals surface area (Å²) >= 11 is 0. The zero-order valence-corrected chi connectivity index (χ0v) is 15.2. The third-order valence-corrected chi connectivity index (χ3v) is 3.60. The van der Waals surface area contributed by atoms with Crippen LogP contribution in [0.3, 0.4) is 0 Å². The molecule has 2 aromatic rings. The Kier molecular flexibility index (Phi) is 8.14. The number of hydrogen-bond acceptors (Lipinski definition) is 5. The molecule has 0 spiro atoms. The fraction of sp³-hybridized carbons (Fsp3) is 0.238. The van der Waals surface area contributed by atoms with Gasteiger partial charge < -0.3 is 14.2 Å². The van der Waals surface area contributed by atoms with Crippen molar-refractivity contribution in [2.45, 2.75) is 19.3 Å². The van der Waals surface area contributed by atoms with Gasteiger partial charge in [-0.3, -0.25) is 0 Å². The summed E-state index contributed by atoms with van der Waals surface area (Å²) in [5, 5.41) is 0. The van der Waals surface area contributed by atoms with Gasteiger partial charge in [-0.1, -0.05) is 6.58 Å². The Balaban J connectivity index is 1.72. The molecule has 0 aliphatic rings. The van der Waals surface area contributed by atoms with Crippen LogP contribution in [-0.2, 0) is 9.53 Å². The first-order valence-corrected chi connectivity index (χ1v) is 8.68. The molecular formula is C21H20F2O5. The minimum absolute atomic E-state index is 0.211. The first-order chi connectivity index (χ1) is 13.5. The van der Waals surface area contributed by atoms with Gasteiger partial charge in [0.1, 0.15) is 23.1 Å². The van der Waals surface area contributed by atoms with E-state index in [4.69, 9.17) is 14.2 Å². The van der Waals surface area contributed by atoms with Gasteiger partial charge in [-0.2, -0.15) is 0 Å². The fourth-order valence-corrected chi connectivity index (χ4v) is 2.24. The second-order valence-electron chi connectivity index (χ2n) is 5.80. The van der Waals surface area contributed by atoms with Crippen LogP contribution in [0, 0.1) is 11.6 Å². The molecule has 0 aliphatic carbocycles. The van der Waals surface area contributed by atoms with Crippen molar-refractivity contribution in [3.05, 3.63) is 72.3 Å². The molecule has 0 aromatic heterocycles. The zero-order chi connectivity index (χ0) is 20.4. The van der Waals surface area contributed by atoms with Crippen LogP contribution in [0.1, 0.15) is 29.6 Å². The summed E-state index contributed by atoms with van der Waals surface area (Å²) in [6.45, 7) is 4.15. The van der Waals surface area contributed by atoms with E-state index in [-0.39, 0.29) is 11.3 Å². The molecule has 0 radical (unpaired) electrons. The van der Waals surface area contributed by atoms with Crippen molar-refractivity contribution in [3.8, 4) is 11.5 Å². The van der Waals surface area contributed by atoms with Crippen LogP contribution in [0.15, 0.2) is 55.1 Å². The first-order valence-electron chi connectivity index (χ1n) is 8.68. The summed E-state index contributed by atoms with van der Waals surface area (Å²) < 4.78 is 41.8. The minimum atomic E-state index is -0.857. The van der Waals surface area contributed by atoms with Crippen LogP contribution >= 0.6 is 0 Å². The summed E-state index contributed by atoms with van der Waals surface area (Å²) in [6, 6.07) is 8.79. The van der Waals surface area contributed by atoms with Gasteiger partial charge in [-0.25, -0.2) is 18.4 Å². The molecule has 0 unspecified atom stereocenters. The van der Waals surface area contributed by atoms with Crippen molar-refractivity contribution >= 4 is 11.9 Å². The maximum absolute atomic E-state index is 13.2. The lowest BCUT2D eigenvalue weighted by Gasteiger charge is -2.08. The first kappa shape index (κ1) is 21.1. The Morgan fingerprint density at radius 3 is 2.14 bits per heavy atom. The molecule has 0 bridgehead atoms. The summed E-state index contributed by atoms with van der Waals surface area (Å²) in [5.41, 5.74) is -0.211. The quantitative estimate of drug-likeness (QED) is 0.259. The Morgan fingerprint density at radius 2 is 1.50 bits per heavy atom. The number of benzene rings is 2. The highest BCUT2D eigenvalue weighted by atomic mass is 19.1. The van der Waals surface area contributed by atoms with Crippen molar-refractivity contribution < 1.29 is 32.6 Å². The van der Waals surface area contributed by atoms with Gasteiger partial charge in [-0.05, 0) is 55.7 Å². The predicted octanol–water partition coefficient (Wildman–Crippen LogP) is 4.46. The topological polar surface area (TPSA) is 61.8 Å². The number of hydrogen-bond donors (Lipinski definition) is 0. The molecule has 0 atom stereocenters. The van der Waals surface area contributed by atoms with Gasteiger partial charge in [0.15, 0.2) is 0 Å². The monoisotopic (exact) mass is 390 g/mol. The number of rotatable bonds is 10. The van der Waals surface area contributed by atoms with E-state index in [1.54, 1.807) is 12.1 Å². The maximum atomic E-state index is 13.2. The summed E-state index contributed by atoms with van der Waals surface area (Å²) in [4.78, 5) is 22.8. The van der Waals surface area contributed by atoms with E-state index in [9.17, 15) is 18.4 Å². The molecule has 0 amide bonds. The van der Waals surface area contributed by atoms with Gasteiger partial charge in [-0.15, -0.1) is 0 Å². The van der Waals surface area contributed by atoms with Crippen molar-refractivity contribution in [3.63, 3.8) is 0 Å². The van der Waals surface area contributed by atoms with E-state index >= 15 is 0 Å². The Labute approximate surface area is 161 Å². The van der Waals surface area contributed by atoms with E-state index < -0.39 is 23.6 Å². The lowest BCUT2D eigenvalue weighted by atomic mass is 10.2. The van der Waals surface area contributed by atoms with E-state index in [0.717, 1.165) is 37.5 Å². The Morgan fingerprint density at radius 1 is 0.893 bits per heavy atom. The Bertz CT molecular complexity index is 798. The molecule has 0 aliphatic heterocycles. The third-order valence-electron chi connectivity index (χ3n) is 3.60. The molecular weight excluding hydrogens is 370 g/mol. The predicted molar refractivity (Wildman–Crippen MR) is 98.3 cm³/mol. The normalized spacial score (nSPS) is 10.2. The fourth-order valence-electron chi connectivity index (χ4n) is 2.24. The number of carbonyl (C=O) groups is 2. The summed E-state index contributed by atoms with van der Waals surface area (Å²) in [7, 11) is 0. The smallest absolute Gasteiger partial charge is 0.343 e. The van der Waals surface area contributed by atoms with Crippen LogP contribution in [0.25, 0.3) is 0 Å². The standard InChI is InChI=1S/C21H20F2O5/c1-2-20(24)27-11-5-3-4-10-26-18-6-8-19(9-7-18)28-21(25)15-12-16(22)14-17(23)13-15/h2,6-9,12-14H,1,3-5,10-11H2. The molecule has 0 heterocycles. The minimum Gasteiger partial charge on any atom is -0.494 e. The highest BCUT2D eigenvalue weighted by Gasteiger charge is 2.12. The van der Waals surface area contributed by atoms with Crippen molar-refractivity contribution in [2.24, 2.45) is 0 Å². The average molecular weight is 390 g/mol. The Hall–Kier alpha value is -3.22. The van der Waals surface area contributed by atoms with E-state index in [1.807, 2.05) is 0 Å². The van der Waals surface area contributed by atoms with Gasteiger partial charge >= 0.3 is 11.9 Å². The average Bonchev–Trinajstić information content (AvgIpc) is 2.67. The van der Waals surface area contributed by atoms with E-state index in [0.29, 0.717) is 25.0 Å². The summed E-state index contributed by atoms with van der Waals surface area (Å²) in [5.74, 6) is -2.17. The van der Waals surface area contributed by atoms with Gasteiger partial charge in [0.2, 0.25) is 0 Å². The van der Waals surface area contributed by atoms with Crippen LogP contribution in [0.5, 0.6) is 11.5 Å². The third kappa shape index (κ3) is 7.19. The maximum Gasteiger partial charge on any atom is 0.343 e. The molecule has 148 valence electrons. The second kappa shape index (κ2) is 10.8. The van der Waals surface area contributed by atoms with Gasteiger partial charge in [0.25, 0.3) is 0 Å². The van der Waals surface area contributed by atoms with E-state index in [1.165, 1.54) is 12.1 Å². The molecule has 2 aromatic carbocycles. The molecule has 7 heteroatoms. The number of ether oxygens (including phenoxy) is 3. The van der Waals surface area contributed by atoms with Crippen molar-refractivity contribution in [1.29, 1.82) is 0 Å². The van der Waals surface area contributed by atoms with Crippen molar-refractivity contribution in [1.82, 2.24) is 0 Å². The molecule has 5 nitrogen and oxygen atoms in total. The second-order valence-corrected chi connectivity index (χ2v) is 5.80. The van der Waals surface area contributed by atoms with Crippen molar-refractivity contribution in [2.75, 3.05) is 13.2 Å². The molecule has 0 saturated carbocycles. The lowest BCUT2D eigenvalue weighted by Crippen LogP contribution is -2.09. The number of unbranched alkanes of at least 4 members (excludes halogenated alkanes) is 2. The molecule has 28 heavy (non-hydrogen) atoms. The SMILES string of the molecule is C=CC(=O)OCCCCCOc1ccc(OC(=O)c2cc(F)cc(F)c2)cc1. The number of carbonyl (C=O) groups excluding carboxylic acids is 2. The number of esters is 2. The molecule has 0 saturated heterocycles.